The zero-order valence-electron chi connectivity index (χ0n) is 19.3. The molecule has 0 spiro atoms. The highest BCUT2D eigenvalue weighted by Gasteiger charge is 2.33. The van der Waals surface area contributed by atoms with E-state index >= 15 is 0 Å². The smallest absolute Gasteiger partial charge is 0.196 e. The first kappa shape index (κ1) is 22.0. The highest BCUT2D eigenvalue weighted by Crippen LogP contribution is 2.37. The van der Waals surface area contributed by atoms with Crippen molar-refractivity contribution in [3.05, 3.63) is 88.8 Å². The molecule has 1 heterocycles. The van der Waals surface area contributed by atoms with Crippen molar-refractivity contribution in [2.24, 2.45) is 4.99 Å². The lowest BCUT2D eigenvalue weighted by Crippen LogP contribution is -2.46. The summed E-state index contributed by atoms with van der Waals surface area (Å²) < 4.78 is 11.3. The number of anilines is 1. The number of ether oxygens (including phenoxy) is 2. The second-order valence-electron chi connectivity index (χ2n) is 7.99. The van der Waals surface area contributed by atoms with Gasteiger partial charge < -0.3 is 25.0 Å². The number of hydrogen-bond donors (Lipinski definition) is 2. The van der Waals surface area contributed by atoms with Crippen molar-refractivity contribution < 1.29 is 9.47 Å². The molecule has 2 atom stereocenters. The first-order valence-corrected chi connectivity index (χ1v) is 11.1. The van der Waals surface area contributed by atoms with Crippen LogP contribution in [0.5, 0.6) is 0 Å². The van der Waals surface area contributed by atoms with Crippen molar-refractivity contribution in [3.63, 3.8) is 0 Å². The van der Waals surface area contributed by atoms with E-state index in [1.165, 1.54) is 22.4 Å². The maximum absolute atomic E-state index is 5.71. The molecule has 6 heteroatoms. The molecule has 2 aliphatic rings. The minimum atomic E-state index is -0.0987. The van der Waals surface area contributed by atoms with E-state index in [2.05, 4.69) is 82.0 Å². The lowest BCUT2D eigenvalue weighted by Gasteiger charge is -2.36. The Balaban J connectivity index is 1.68. The second-order valence-corrected chi connectivity index (χ2v) is 7.99. The van der Waals surface area contributed by atoms with Crippen molar-refractivity contribution >= 4 is 11.6 Å². The molecule has 0 radical (unpaired) electrons. The van der Waals surface area contributed by atoms with E-state index < -0.39 is 0 Å². The molecule has 168 valence electrons. The molecule has 0 saturated carbocycles. The number of allylic oxidation sites excluding steroid dienone is 1. The molecular formula is C26H32N4O2. The number of nitrogens with zero attached hydrogens (tertiary/aromatic N) is 2. The Hall–Kier alpha value is -3.25. The Morgan fingerprint density at radius 3 is 2.59 bits per heavy atom. The normalized spacial score (nSPS) is 21.4. The lowest BCUT2D eigenvalue weighted by atomic mass is 9.87. The molecule has 0 aromatic heterocycles. The van der Waals surface area contributed by atoms with Gasteiger partial charge in [-0.15, -0.1) is 0 Å². The van der Waals surface area contributed by atoms with E-state index in [1.807, 2.05) is 6.08 Å². The maximum Gasteiger partial charge on any atom is 0.196 e. The van der Waals surface area contributed by atoms with E-state index in [-0.39, 0.29) is 12.1 Å². The molecule has 2 aromatic carbocycles. The minimum Gasteiger partial charge on any atom is -0.498 e. The van der Waals surface area contributed by atoms with Crippen LogP contribution in [0, 0.1) is 0 Å². The topological polar surface area (TPSA) is 58.1 Å². The third-order valence-corrected chi connectivity index (χ3v) is 6.15. The van der Waals surface area contributed by atoms with Gasteiger partial charge in [0.25, 0.3) is 0 Å². The molecule has 2 aromatic rings. The van der Waals surface area contributed by atoms with E-state index in [0.29, 0.717) is 0 Å². The van der Waals surface area contributed by atoms with Crippen LogP contribution in [-0.4, -0.2) is 39.9 Å². The molecule has 4 rings (SSSR count). The Morgan fingerprint density at radius 1 is 1.09 bits per heavy atom. The standard InChI is InChI=1S/C26H32N4O2/c1-5-30(17-18-10-7-6-8-11-18)20-13-9-12-19(14-20)25-21-15-23(31-3)24(32-4)16-22(21)28-26(27-2)29-25/h6-14,16,23,25H,5,15,17H2,1-4H3,(H2,27,28,29). The van der Waals surface area contributed by atoms with Gasteiger partial charge in [-0.25, -0.2) is 0 Å². The molecule has 0 fully saturated rings. The van der Waals surface area contributed by atoms with Crippen molar-refractivity contribution in [3.8, 4) is 0 Å². The maximum atomic E-state index is 5.71. The SMILES string of the molecule is CCN(Cc1ccccc1)c1cccc(C2NC(=NC)NC3=C2CC(OC)C(OC)=C3)c1. The van der Waals surface area contributed by atoms with Gasteiger partial charge in [-0.05, 0) is 35.8 Å². The monoisotopic (exact) mass is 432 g/mol. The summed E-state index contributed by atoms with van der Waals surface area (Å²) in [5.74, 6) is 1.57. The van der Waals surface area contributed by atoms with Crippen molar-refractivity contribution in [2.45, 2.75) is 32.0 Å². The molecule has 0 saturated heterocycles. The predicted octanol–water partition coefficient (Wildman–Crippen LogP) is 4.14. The predicted molar refractivity (Wildman–Crippen MR) is 130 cm³/mol. The second kappa shape index (κ2) is 9.92. The number of benzene rings is 2. The summed E-state index contributed by atoms with van der Waals surface area (Å²) in [6, 6.07) is 19.4. The molecule has 1 aliphatic heterocycles. The van der Waals surface area contributed by atoms with E-state index in [1.54, 1.807) is 21.3 Å². The van der Waals surface area contributed by atoms with E-state index in [4.69, 9.17) is 9.47 Å². The summed E-state index contributed by atoms with van der Waals surface area (Å²) in [6.07, 6.45) is 2.68. The number of hydrogen-bond acceptors (Lipinski definition) is 4. The van der Waals surface area contributed by atoms with Crippen LogP contribution < -0.4 is 15.5 Å². The summed E-state index contributed by atoms with van der Waals surface area (Å²) in [4.78, 5) is 6.78. The van der Waals surface area contributed by atoms with Gasteiger partial charge in [0, 0.05) is 51.1 Å². The number of guanidine groups is 1. The first-order valence-electron chi connectivity index (χ1n) is 11.1. The van der Waals surface area contributed by atoms with Crippen LogP contribution in [0.4, 0.5) is 5.69 Å². The average molecular weight is 433 g/mol. The molecular weight excluding hydrogens is 400 g/mol. The zero-order valence-corrected chi connectivity index (χ0v) is 19.3. The Bertz CT molecular complexity index is 1030. The summed E-state index contributed by atoms with van der Waals surface area (Å²) in [6.45, 7) is 4.00. The van der Waals surface area contributed by atoms with Gasteiger partial charge in [0.1, 0.15) is 11.9 Å². The number of nitrogens with one attached hydrogen (secondary N) is 2. The molecule has 2 N–H and O–H groups in total. The van der Waals surface area contributed by atoms with Crippen LogP contribution >= 0.6 is 0 Å². The van der Waals surface area contributed by atoms with Gasteiger partial charge in [0.05, 0.1) is 13.2 Å². The minimum absolute atomic E-state index is 0.00707. The van der Waals surface area contributed by atoms with Crippen LogP contribution in [0.2, 0.25) is 0 Å². The van der Waals surface area contributed by atoms with Gasteiger partial charge in [-0.2, -0.15) is 0 Å². The lowest BCUT2D eigenvalue weighted by molar-refractivity contribution is 0.0751. The fraction of sp³-hybridized carbons (Fsp3) is 0.346. The van der Waals surface area contributed by atoms with Crippen LogP contribution in [0.1, 0.15) is 30.5 Å². The summed E-state index contributed by atoms with van der Waals surface area (Å²) in [5.41, 5.74) is 5.99. The van der Waals surface area contributed by atoms with Gasteiger partial charge in [-0.1, -0.05) is 42.5 Å². The van der Waals surface area contributed by atoms with Crippen LogP contribution in [-0.2, 0) is 16.0 Å². The summed E-state index contributed by atoms with van der Waals surface area (Å²) in [5, 5.41) is 6.96. The van der Waals surface area contributed by atoms with Crippen molar-refractivity contribution in [1.29, 1.82) is 0 Å². The molecule has 0 bridgehead atoms. The quantitative estimate of drug-likeness (QED) is 0.689. The number of rotatable bonds is 7. The van der Waals surface area contributed by atoms with Crippen molar-refractivity contribution in [1.82, 2.24) is 10.6 Å². The molecule has 2 unspecified atom stereocenters. The first-order chi connectivity index (χ1) is 15.7. The van der Waals surface area contributed by atoms with Crippen LogP contribution in [0.25, 0.3) is 0 Å². The molecule has 6 nitrogen and oxygen atoms in total. The van der Waals surface area contributed by atoms with Gasteiger partial charge >= 0.3 is 0 Å². The molecule has 32 heavy (non-hydrogen) atoms. The van der Waals surface area contributed by atoms with Crippen LogP contribution in [0.3, 0.4) is 0 Å². The van der Waals surface area contributed by atoms with Gasteiger partial charge in [0.15, 0.2) is 5.96 Å². The molecule has 0 amide bonds. The number of aliphatic imine (C=N–C) groups is 1. The Labute approximate surface area is 190 Å². The summed E-state index contributed by atoms with van der Waals surface area (Å²) in [7, 11) is 5.20. The fourth-order valence-corrected chi connectivity index (χ4v) is 4.40. The third kappa shape index (κ3) is 4.50. The zero-order chi connectivity index (χ0) is 22.5. The summed E-state index contributed by atoms with van der Waals surface area (Å²) >= 11 is 0. The third-order valence-electron chi connectivity index (χ3n) is 6.15. The van der Waals surface area contributed by atoms with Gasteiger partial charge in [-0.3, -0.25) is 4.99 Å². The van der Waals surface area contributed by atoms with E-state index in [9.17, 15) is 0 Å². The fourth-order valence-electron chi connectivity index (χ4n) is 4.40. The highest BCUT2D eigenvalue weighted by atomic mass is 16.5. The van der Waals surface area contributed by atoms with Gasteiger partial charge in [0.2, 0.25) is 0 Å². The average Bonchev–Trinajstić information content (AvgIpc) is 2.86. The largest absolute Gasteiger partial charge is 0.498 e. The Kier molecular flexibility index (Phi) is 6.81. The molecule has 1 aliphatic carbocycles. The Morgan fingerprint density at radius 2 is 1.91 bits per heavy atom. The van der Waals surface area contributed by atoms with Crippen LogP contribution in [0.15, 0.2) is 82.7 Å². The highest BCUT2D eigenvalue weighted by molar-refractivity contribution is 5.85. The van der Waals surface area contributed by atoms with E-state index in [0.717, 1.165) is 36.9 Å². The van der Waals surface area contributed by atoms with Crippen molar-refractivity contribution in [2.75, 3.05) is 32.7 Å². The number of methoxy groups -OCH3 is 2.